The first-order valence-electron chi connectivity index (χ1n) is 27.7. The van der Waals surface area contributed by atoms with Crippen molar-refractivity contribution in [2.75, 3.05) is 61.4 Å². The standard InChI is InChI=1S/C58H71N11O8S/c1-5-46(36-10-12-37(13-11-36)55-35(4)61-33-78-55)62-57(72)49-25-41(70)32-68(49)58(73)54(34(2)3)51-29-53(65-77-51)74-23-22-66-20-17-42(18-21-66)75-43-26-44(27-43)76-52-24-38(16-19-60-52)69-39-14-15-40(69)31-67(30-39)48-28-47(63-64-56(48)59)45-8-6-7-9-50(45)71/h6-13,16,19,24,28-29,33-34,39-44,46,49,54,70-71H,5,14-15,17-18,20-23,25-27,30-32H2,1-4H3,(H2,59,64)(H,62,72)/t39?,40?,41-,43-,44-,46+,49+,54+/m1/s1. The maximum atomic E-state index is 14.3. The molecule has 2 amide bonds. The number of fused-ring (bicyclic) bond motifs is 2. The zero-order valence-electron chi connectivity index (χ0n) is 44.8. The van der Waals surface area contributed by atoms with Gasteiger partial charge in [-0.15, -0.1) is 21.5 Å². The van der Waals surface area contributed by atoms with Crippen molar-refractivity contribution in [2.24, 2.45) is 5.92 Å². The van der Waals surface area contributed by atoms with Crippen LogP contribution in [0.4, 0.5) is 17.2 Å². The molecule has 5 aliphatic rings. The number of thiazole rings is 1. The first-order valence-corrected chi connectivity index (χ1v) is 28.6. The van der Waals surface area contributed by atoms with E-state index in [9.17, 15) is 19.8 Å². The average molecular weight is 1080 g/mol. The van der Waals surface area contributed by atoms with Crippen molar-refractivity contribution in [3.8, 4) is 39.2 Å². The minimum absolute atomic E-state index is 0.0552. The molecular weight excluding hydrogens is 1010 g/mol. The van der Waals surface area contributed by atoms with Crippen LogP contribution in [0.2, 0.25) is 0 Å². The second-order valence-corrected chi connectivity index (χ2v) is 22.8. The molecule has 1 aliphatic carbocycles. The third kappa shape index (κ3) is 11.5. The highest BCUT2D eigenvalue weighted by atomic mass is 32.1. The van der Waals surface area contributed by atoms with Crippen molar-refractivity contribution >= 4 is 40.3 Å². The number of pyridine rings is 1. The van der Waals surface area contributed by atoms with Gasteiger partial charge in [0, 0.05) is 100 Å². The number of likely N-dealkylation sites (tertiary alicyclic amines) is 2. The number of hydrogen-bond donors (Lipinski definition) is 4. The Kier molecular flexibility index (Phi) is 15.8. The quantitative estimate of drug-likeness (QED) is 0.0614. The van der Waals surface area contributed by atoms with Crippen LogP contribution in [0.5, 0.6) is 17.5 Å². The van der Waals surface area contributed by atoms with Crippen LogP contribution in [0.3, 0.4) is 0 Å². The van der Waals surface area contributed by atoms with Gasteiger partial charge in [-0.3, -0.25) is 14.5 Å². The Morgan fingerprint density at radius 1 is 0.897 bits per heavy atom. The van der Waals surface area contributed by atoms with Crippen LogP contribution >= 0.6 is 11.3 Å². The number of β-amino-alcohol motifs (C(OH)–C–C–N with tert-alkyl or cyclic N) is 1. The van der Waals surface area contributed by atoms with E-state index < -0.39 is 18.1 Å². The van der Waals surface area contributed by atoms with Gasteiger partial charge in [0.2, 0.25) is 17.7 Å². The Bertz CT molecular complexity index is 3020. The first-order chi connectivity index (χ1) is 37.8. The van der Waals surface area contributed by atoms with E-state index in [1.165, 1.54) is 4.90 Å². The van der Waals surface area contributed by atoms with E-state index in [0.29, 0.717) is 54.2 Å². The highest BCUT2D eigenvalue weighted by molar-refractivity contribution is 7.13. The lowest BCUT2D eigenvalue weighted by atomic mass is 9.91. The number of nitrogen functional groups attached to an aromatic ring is 1. The lowest BCUT2D eigenvalue weighted by Crippen LogP contribution is -2.54. The van der Waals surface area contributed by atoms with Crippen LogP contribution < -0.4 is 30.3 Å². The number of nitrogens with two attached hydrogens (primary N) is 1. The fraction of sp³-hybridized carbons (Fsp3) is 0.500. The summed E-state index contributed by atoms with van der Waals surface area (Å²) in [5, 5.41) is 37.2. The number of nitrogens with one attached hydrogen (secondary N) is 1. The number of piperazine rings is 1. The minimum Gasteiger partial charge on any atom is -0.507 e. The molecule has 0 radical (unpaired) electrons. The third-order valence-electron chi connectivity index (χ3n) is 16.4. The molecule has 6 atom stereocenters. The van der Waals surface area contributed by atoms with Crippen LogP contribution in [-0.2, 0) is 14.3 Å². The summed E-state index contributed by atoms with van der Waals surface area (Å²) in [4.78, 5) is 47.0. The molecule has 6 aromatic rings. The molecule has 11 rings (SSSR count). The van der Waals surface area contributed by atoms with Crippen molar-refractivity contribution in [3.05, 3.63) is 102 Å². The molecule has 1 saturated carbocycles. The fourth-order valence-corrected chi connectivity index (χ4v) is 13.0. The predicted molar refractivity (Wildman–Crippen MR) is 296 cm³/mol. The van der Waals surface area contributed by atoms with E-state index in [-0.39, 0.29) is 72.9 Å². The maximum Gasteiger partial charge on any atom is 0.254 e. The monoisotopic (exact) mass is 1080 g/mol. The van der Waals surface area contributed by atoms with Crippen molar-refractivity contribution in [1.29, 1.82) is 0 Å². The van der Waals surface area contributed by atoms with Gasteiger partial charge >= 0.3 is 0 Å². The Morgan fingerprint density at radius 3 is 2.38 bits per heavy atom. The summed E-state index contributed by atoms with van der Waals surface area (Å²) in [5.41, 5.74) is 14.4. The summed E-state index contributed by atoms with van der Waals surface area (Å²) < 4.78 is 24.8. The number of hydrogen-bond acceptors (Lipinski definition) is 18. The molecule has 19 nitrogen and oxygen atoms in total. The van der Waals surface area contributed by atoms with Gasteiger partial charge in [-0.25, -0.2) is 9.97 Å². The molecule has 4 saturated heterocycles. The van der Waals surface area contributed by atoms with Crippen LogP contribution in [0, 0.1) is 12.8 Å². The number of anilines is 3. The summed E-state index contributed by atoms with van der Waals surface area (Å²) in [7, 11) is 0. The topological polar surface area (TPSA) is 231 Å². The number of nitrogens with zero attached hydrogens (tertiary/aromatic N) is 9. The number of carbonyl (C=O) groups is 2. The van der Waals surface area contributed by atoms with Gasteiger partial charge in [-0.1, -0.05) is 57.2 Å². The van der Waals surface area contributed by atoms with Crippen molar-refractivity contribution in [1.82, 2.24) is 40.4 Å². The summed E-state index contributed by atoms with van der Waals surface area (Å²) in [6.45, 7) is 12.4. The van der Waals surface area contributed by atoms with Crippen molar-refractivity contribution in [3.63, 3.8) is 0 Å². The number of para-hydroxylation sites is 1. The molecule has 8 heterocycles. The molecule has 5 N–H and O–H groups in total. The number of phenols is 1. The Labute approximate surface area is 459 Å². The number of aliphatic hydroxyl groups excluding tert-OH is 1. The largest absolute Gasteiger partial charge is 0.507 e. The van der Waals surface area contributed by atoms with Gasteiger partial charge in [-0.2, -0.15) is 0 Å². The Hall–Kier alpha value is -6.87. The molecule has 20 heteroatoms. The van der Waals surface area contributed by atoms with Crippen molar-refractivity contribution in [2.45, 2.75) is 134 Å². The zero-order valence-corrected chi connectivity index (χ0v) is 45.6. The number of aromatic hydroxyl groups is 1. The lowest BCUT2D eigenvalue weighted by Gasteiger charge is -2.43. The molecule has 2 unspecified atom stereocenters. The number of ether oxygens (including phenoxy) is 3. The molecule has 2 aromatic carbocycles. The third-order valence-corrected chi connectivity index (χ3v) is 17.4. The molecule has 4 aliphatic heterocycles. The summed E-state index contributed by atoms with van der Waals surface area (Å²) in [6.07, 6.45) is 7.89. The van der Waals surface area contributed by atoms with E-state index in [2.05, 4.69) is 57.5 Å². The van der Waals surface area contributed by atoms with E-state index in [1.54, 1.807) is 29.5 Å². The number of piperidine rings is 1. The molecular formula is C58H71N11O8S. The second kappa shape index (κ2) is 23.2. The highest BCUT2D eigenvalue weighted by Crippen LogP contribution is 2.41. The SMILES string of the molecule is CC[C@H](NC(=O)[C@@H]1C[C@@H](O)CN1C(=O)[C@H](c1cc(OCCN2CCC(O[C@H]3C[C@H](Oc4cc(N5C6CCC5CN(c5cc(-c7ccccc7O)nnc5N)C6)ccn4)C3)CC2)no1)C(C)C)c1ccc(-c2scnc2C)cc1. The van der Waals surface area contributed by atoms with Crippen LogP contribution in [0.25, 0.3) is 21.7 Å². The van der Waals surface area contributed by atoms with Gasteiger partial charge in [0.1, 0.15) is 30.4 Å². The summed E-state index contributed by atoms with van der Waals surface area (Å²) in [6, 6.07) is 22.5. The van der Waals surface area contributed by atoms with E-state index in [0.717, 1.165) is 97.8 Å². The minimum atomic E-state index is -0.828. The van der Waals surface area contributed by atoms with Crippen LogP contribution in [0.1, 0.15) is 101 Å². The smallest absolute Gasteiger partial charge is 0.254 e. The fourth-order valence-electron chi connectivity index (χ4n) is 12.2. The predicted octanol–water partition coefficient (Wildman–Crippen LogP) is 7.54. The number of rotatable bonds is 19. The average Bonchev–Trinajstić information content (AvgIpc) is 4.36. The Balaban J connectivity index is 0.604. The summed E-state index contributed by atoms with van der Waals surface area (Å²) >= 11 is 1.60. The second-order valence-electron chi connectivity index (χ2n) is 22.0. The van der Waals surface area contributed by atoms with Crippen molar-refractivity contribution < 1.29 is 38.5 Å². The molecule has 412 valence electrons. The zero-order chi connectivity index (χ0) is 54.0. The van der Waals surface area contributed by atoms with Gasteiger partial charge in [-0.05, 0) is 85.5 Å². The van der Waals surface area contributed by atoms with E-state index in [1.807, 2.05) is 81.9 Å². The van der Waals surface area contributed by atoms with Gasteiger partial charge < -0.3 is 54.7 Å². The van der Waals surface area contributed by atoms with Gasteiger partial charge in [0.15, 0.2) is 11.6 Å². The summed E-state index contributed by atoms with van der Waals surface area (Å²) in [5.74, 6) is 0.366. The molecule has 4 aromatic heterocycles. The Morgan fingerprint density at radius 2 is 1.67 bits per heavy atom. The number of aryl methyl sites for hydroxylation is 1. The maximum absolute atomic E-state index is 14.3. The first kappa shape index (κ1) is 53.1. The highest BCUT2D eigenvalue weighted by Gasteiger charge is 2.45. The van der Waals surface area contributed by atoms with Gasteiger partial charge in [0.25, 0.3) is 5.88 Å². The normalized spacial score (nSPS) is 23.3. The molecule has 2 bridgehead atoms. The number of amides is 2. The number of benzene rings is 2. The lowest BCUT2D eigenvalue weighted by molar-refractivity contribution is -0.141. The number of aliphatic hydroxyl groups is 1. The van der Waals surface area contributed by atoms with Crippen LogP contribution in [-0.4, -0.2) is 146 Å². The molecule has 5 fully saturated rings. The molecule has 78 heavy (non-hydrogen) atoms. The van der Waals surface area contributed by atoms with E-state index >= 15 is 0 Å². The number of carbonyl (C=O) groups excluding carboxylic acids is 2. The van der Waals surface area contributed by atoms with E-state index in [4.69, 9.17) is 24.5 Å². The number of phenolic OH excluding ortho intramolecular Hbond substituents is 1. The number of aromatic nitrogens is 5. The van der Waals surface area contributed by atoms with Gasteiger partial charge in [0.05, 0.1) is 51.8 Å². The molecule has 0 spiro atoms. The van der Waals surface area contributed by atoms with Crippen LogP contribution in [0.15, 0.2) is 89.0 Å².